The van der Waals surface area contributed by atoms with Crippen LogP contribution in [0.2, 0.25) is 5.02 Å². The van der Waals surface area contributed by atoms with Crippen molar-refractivity contribution in [3.63, 3.8) is 0 Å². The first-order valence-corrected chi connectivity index (χ1v) is 15.1. The highest BCUT2D eigenvalue weighted by molar-refractivity contribution is 6.30. The zero-order chi connectivity index (χ0) is 29.3. The lowest BCUT2D eigenvalue weighted by Gasteiger charge is -2.32. The van der Waals surface area contributed by atoms with Crippen LogP contribution in [0.3, 0.4) is 0 Å². The number of rotatable bonds is 9. The van der Waals surface area contributed by atoms with Crippen LogP contribution in [0.1, 0.15) is 47.8 Å². The molecule has 2 aromatic carbocycles. The molecule has 0 radical (unpaired) electrons. The van der Waals surface area contributed by atoms with E-state index in [4.69, 9.17) is 35.9 Å². The molecule has 0 amide bonds. The minimum atomic E-state index is -0.818. The smallest absolute Gasteiger partial charge is 0.213 e. The molecule has 7 rings (SSSR count). The Morgan fingerprint density at radius 1 is 1.07 bits per heavy atom. The third kappa shape index (κ3) is 6.25. The van der Waals surface area contributed by atoms with Crippen molar-refractivity contribution >= 4 is 28.4 Å². The monoisotopic (exact) mass is 605 g/mol. The van der Waals surface area contributed by atoms with Crippen LogP contribution in [-0.2, 0) is 29.3 Å². The van der Waals surface area contributed by atoms with Gasteiger partial charge >= 0.3 is 0 Å². The number of hydrogen-bond acceptors (Lipinski definition) is 8. The van der Waals surface area contributed by atoms with Gasteiger partial charge in [-0.3, -0.25) is 4.90 Å². The Labute approximate surface area is 253 Å². The summed E-state index contributed by atoms with van der Waals surface area (Å²) in [6.45, 7) is 4.23. The topological polar surface area (TPSA) is 93.9 Å². The Balaban J connectivity index is 1.02. The number of fused-ring (bicyclic) bond motifs is 1. The van der Waals surface area contributed by atoms with E-state index >= 15 is 0 Å². The Kier molecular flexibility index (Phi) is 8.03. The Bertz CT molecular complexity index is 1650. The Morgan fingerprint density at radius 3 is 2.67 bits per heavy atom. The average molecular weight is 606 g/mol. The number of nitrogens with zero attached hydrogens (tertiary/aromatic N) is 4. The fourth-order valence-electron chi connectivity index (χ4n) is 5.89. The molecule has 5 heterocycles. The summed E-state index contributed by atoms with van der Waals surface area (Å²) in [7, 11) is 0. The minimum absolute atomic E-state index is 0.0930. The van der Waals surface area contributed by atoms with Gasteiger partial charge in [-0.15, -0.1) is 5.48 Å². The number of benzene rings is 2. The number of nitrogens with one attached hydrogen (secondary N) is 1. The average Bonchev–Trinajstić information content (AvgIpc) is 3.57. The lowest BCUT2D eigenvalue weighted by atomic mass is 9.93. The number of ether oxygens (including phenoxy) is 2. The maximum absolute atomic E-state index is 14.2. The van der Waals surface area contributed by atoms with Gasteiger partial charge in [0.15, 0.2) is 12.0 Å². The first kappa shape index (κ1) is 28.2. The number of hydroxylamine groups is 1. The van der Waals surface area contributed by atoms with Crippen LogP contribution >= 0.6 is 11.6 Å². The lowest BCUT2D eigenvalue weighted by molar-refractivity contribution is -0.0592. The summed E-state index contributed by atoms with van der Waals surface area (Å²) in [6, 6.07) is 16.4. The third-order valence-corrected chi connectivity index (χ3v) is 8.63. The summed E-state index contributed by atoms with van der Waals surface area (Å²) in [5, 5.41) is 10.1. The molecule has 0 aliphatic carbocycles. The van der Waals surface area contributed by atoms with Crippen LogP contribution in [0.5, 0.6) is 5.88 Å². The molecule has 9 nitrogen and oxygen atoms in total. The SMILES string of the molecule is OC1C=C(c2ccc3nc(CN4CCC(c5cccc(OCc6ccc(Cl)cc6F)n5)CC4)n(C[C@@H]4CCO4)c3c2)ON1. The van der Waals surface area contributed by atoms with Crippen molar-refractivity contribution in [1.82, 2.24) is 24.9 Å². The van der Waals surface area contributed by atoms with E-state index in [2.05, 4.69) is 21.0 Å². The van der Waals surface area contributed by atoms with Crippen molar-refractivity contribution in [2.24, 2.45) is 0 Å². The second-order valence-electron chi connectivity index (χ2n) is 11.3. The maximum Gasteiger partial charge on any atom is 0.213 e. The maximum atomic E-state index is 14.2. The van der Waals surface area contributed by atoms with Gasteiger partial charge in [0.25, 0.3) is 0 Å². The number of halogens is 2. The predicted molar refractivity (Wildman–Crippen MR) is 160 cm³/mol. The molecule has 43 heavy (non-hydrogen) atoms. The normalized spacial score (nSPS) is 21.0. The molecular weight excluding hydrogens is 573 g/mol. The first-order chi connectivity index (χ1) is 21.0. The third-order valence-electron chi connectivity index (χ3n) is 8.40. The van der Waals surface area contributed by atoms with Crippen molar-refractivity contribution in [2.75, 3.05) is 19.7 Å². The Morgan fingerprint density at radius 2 is 1.93 bits per heavy atom. The van der Waals surface area contributed by atoms with Crippen LogP contribution in [0.4, 0.5) is 4.39 Å². The van der Waals surface area contributed by atoms with E-state index in [1.807, 2.05) is 30.3 Å². The minimum Gasteiger partial charge on any atom is -0.473 e. The van der Waals surface area contributed by atoms with Crippen LogP contribution < -0.4 is 10.2 Å². The van der Waals surface area contributed by atoms with E-state index in [-0.39, 0.29) is 18.5 Å². The fraction of sp³-hybridized carbons (Fsp3) is 0.375. The second-order valence-corrected chi connectivity index (χ2v) is 11.7. The van der Waals surface area contributed by atoms with Gasteiger partial charge in [0, 0.05) is 46.5 Å². The van der Waals surface area contributed by atoms with E-state index in [9.17, 15) is 9.50 Å². The van der Waals surface area contributed by atoms with Crippen LogP contribution in [-0.4, -0.2) is 56.6 Å². The van der Waals surface area contributed by atoms with E-state index < -0.39 is 6.23 Å². The summed E-state index contributed by atoms with van der Waals surface area (Å²) < 4.78 is 28.0. The zero-order valence-electron chi connectivity index (χ0n) is 23.6. The number of aromatic nitrogens is 3. The van der Waals surface area contributed by atoms with Gasteiger partial charge in [-0.25, -0.2) is 14.4 Å². The van der Waals surface area contributed by atoms with Crippen molar-refractivity contribution in [2.45, 2.75) is 57.2 Å². The molecule has 0 saturated carbocycles. The summed E-state index contributed by atoms with van der Waals surface area (Å²) in [6.07, 6.45) is 4.00. The van der Waals surface area contributed by atoms with Crippen LogP contribution in [0.15, 0.2) is 60.7 Å². The largest absolute Gasteiger partial charge is 0.473 e. The molecule has 2 atom stereocenters. The van der Waals surface area contributed by atoms with E-state index in [0.29, 0.717) is 28.1 Å². The van der Waals surface area contributed by atoms with Gasteiger partial charge in [-0.1, -0.05) is 23.7 Å². The second kappa shape index (κ2) is 12.2. The van der Waals surface area contributed by atoms with Gasteiger partial charge in [0.1, 0.15) is 18.2 Å². The Hall–Kier alpha value is -3.54. The molecule has 3 aliphatic heterocycles. The van der Waals surface area contributed by atoms with Crippen molar-refractivity contribution in [3.05, 3.63) is 94.2 Å². The molecule has 2 saturated heterocycles. The zero-order valence-corrected chi connectivity index (χ0v) is 24.3. The molecule has 2 fully saturated rings. The fourth-order valence-corrected chi connectivity index (χ4v) is 6.05. The molecule has 0 bridgehead atoms. The number of imidazole rings is 1. The first-order valence-electron chi connectivity index (χ1n) is 14.7. The molecular formula is C32H33ClFN5O4. The van der Waals surface area contributed by atoms with Gasteiger partial charge < -0.3 is 24.0 Å². The van der Waals surface area contributed by atoms with Gasteiger partial charge in [0.05, 0.1) is 30.2 Å². The van der Waals surface area contributed by atoms with E-state index in [0.717, 1.165) is 80.2 Å². The van der Waals surface area contributed by atoms with E-state index in [1.54, 1.807) is 18.2 Å². The van der Waals surface area contributed by atoms with Gasteiger partial charge in [0.2, 0.25) is 5.88 Å². The number of aliphatic hydroxyl groups is 1. The van der Waals surface area contributed by atoms with Gasteiger partial charge in [-0.2, -0.15) is 0 Å². The van der Waals surface area contributed by atoms with Crippen molar-refractivity contribution < 1.29 is 23.8 Å². The summed E-state index contributed by atoms with van der Waals surface area (Å²) in [4.78, 5) is 17.7. The molecule has 2 aromatic heterocycles. The van der Waals surface area contributed by atoms with Gasteiger partial charge in [-0.05, 0) is 68.8 Å². The molecule has 1 unspecified atom stereocenters. The summed E-state index contributed by atoms with van der Waals surface area (Å²) in [5.74, 6) is 2.04. The molecule has 0 spiro atoms. The predicted octanol–water partition coefficient (Wildman–Crippen LogP) is 5.17. The number of piperidine rings is 1. The number of hydrogen-bond donors (Lipinski definition) is 2. The number of likely N-dealkylation sites (tertiary alicyclic amines) is 1. The van der Waals surface area contributed by atoms with Crippen LogP contribution in [0.25, 0.3) is 16.8 Å². The molecule has 11 heteroatoms. The molecule has 224 valence electrons. The van der Waals surface area contributed by atoms with E-state index in [1.165, 1.54) is 6.07 Å². The highest BCUT2D eigenvalue weighted by Gasteiger charge is 2.26. The highest BCUT2D eigenvalue weighted by atomic mass is 35.5. The summed E-state index contributed by atoms with van der Waals surface area (Å²) >= 11 is 5.86. The molecule has 3 aliphatic rings. The van der Waals surface area contributed by atoms with Crippen LogP contribution in [0, 0.1) is 5.82 Å². The van der Waals surface area contributed by atoms with Crippen molar-refractivity contribution in [3.8, 4) is 5.88 Å². The highest BCUT2D eigenvalue weighted by Crippen LogP contribution is 2.31. The van der Waals surface area contributed by atoms with Crippen molar-refractivity contribution in [1.29, 1.82) is 0 Å². The summed E-state index contributed by atoms with van der Waals surface area (Å²) in [5.41, 5.74) is 6.85. The molecule has 2 N–H and O–H groups in total. The quantitative estimate of drug-likeness (QED) is 0.270. The number of pyridine rings is 1. The lowest BCUT2D eigenvalue weighted by Crippen LogP contribution is -2.35. The molecule has 4 aromatic rings. The standard InChI is InChI=1S/C32H33ClFN5O4/c33-23-6-4-22(25(34)15-23)19-42-32-3-1-2-26(36-32)20-8-11-38(12-9-20)18-30-35-27-7-5-21(29-16-31(40)37-43-29)14-28(27)39(30)17-24-10-13-41-24/h1-7,14-16,20,24,31,37,40H,8-13,17-19H2/t24-,31?/m0/s1. The number of aliphatic hydroxyl groups excluding tert-OH is 1.